The standard InChI is InChI=1S/C14H10F2N4OS/c15-6-1-8(16)7-3-10(18-9(7)2-6)13(21)20-4-11-12(5-20)22-14(17)19-11/h1-3,18H,4-5H2,(H2,17,19). The Morgan fingerprint density at radius 2 is 2.14 bits per heavy atom. The molecule has 0 saturated carbocycles. The van der Waals surface area contributed by atoms with Crippen LogP contribution in [-0.2, 0) is 13.1 Å². The maximum Gasteiger partial charge on any atom is 0.270 e. The number of benzene rings is 1. The van der Waals surface area contributed by atoms with E-state index in [2.05, 4.69) is 9.97 Å². The molecule has 2 aromatic heterocycles. The molecule has 8 heteroatoms. The Balaban J connectivity index is 1.66. The molecular weight excluding hydrogens is 310 g/mol. The number of nitrogen functional groups attached to an aromatic ring is 1. The van der Waals surface area contributed by atoms with Crippen LogP contribution in [-0.4, -0.2) is 20.8 Å². The lowest BCUT2D eigenvalue weighted by Crippen LogP contribution is -2.25. The molecule has 0 aliphatic carbocycles. The molecule has 3 heterocycles. The Morgan fingerprint density at radius 1 is 1.32 bits per heavy atom. The van der Waals surface area contributed by atoms with Gasteiger partial charge in [0.15, 0.2) is 5.13 Å². The summed E-state index contributed by atoms with van der Waals surface area (Å²) in [6.07, 6.45) is 0. The van der Waals surface area contributed by atoms with Gasteiger partial charge < -0.3 is 15.6 Å². The van der Waals surface area contributed by atoms with Gasteiger partial charge in [-0.1, -0.05) is 0 Å². The highest BCUT2D eigenvalue weighted by Gasteiger charge is 2.28. The highest BCUT2D eigenvalue weighted by molar-refractivity contribution is 7.15. The maximum atomic E-state index is 13.7. The van der Waals surface area contributed by atoms with Gasteiger partial charge in [-0.05, 0) is 12.1 Å². The molecule has 0 saturated heterocycles. The second-order valence-corrected chi connectivity index (χ2v) is 6.23. The molecule has 1 amide bonds. The van der Waals surface area contributed by atoms with Gasteiger partial charge in [0, 0.05) is 11.5 Å². The number of thiazole rings is 1. The fourth-order valence-corrected chi connectivity index (χ4v) is 3.51. The molecule has 0 unspecified atom stereocenters. The smallest absolute Gasteiger partial charge is 0.270 e. The van der Waals surface area contributed by atoms with Crippen molar-refractivity contribution in [3.63, 3.8) is 0 Å². The normalized spacial score (nSPS) is 13.8. The summed E-state index contributed by atoms with van der Waals surface area (Å²) in [6, 6.07) is 3.36. The number of rotatable bonds is 1. The number of anilines is 1. The molecule has 112 valence electrons. The van der Waals surface area contributed by atoms with Crippen LogP contribution in [0.5, 0.6) is 0 Å². The van der Waals surface area contributed by atoms with Crippen LogP contribution >= 0.6 is 11.3 Å². The zero-order valence-electron chi connectivity index (χ0n) is 11.2. The van der Waals surface area contributed by atoms with Crippen LogP contribution in [0.2, 0.25) is 0 Å². The third-order valence-electron chi connectivity index (χ3n) is 3.64. The van der Waals surface area contributed by atoms with E-state index in [9.17, 15) is 13.6 Å². The van der Waals surface area contributed by atoms with Crippen molar-refractivity contribution in [2.45, 2.75) is 13.1 Å². The number of aromatic nitrogens is 2. The number of carbonyl (C=O) groups is 1. The molecule has 3 N–H and O–H groups in total. The molecule has 0 atom stereocenters. The van der Waals surface area contributed by atoms with Gasteiger partial charge in [0.1, 0.15) is 17.3 Å². The van der Waals surface area contributed by atoms with Crippen molar-refractivity contribution in [3.05, 3.63) is 46.1 Å². The van der Waals surface area contributed by atoms with Crippen LogP contribution < -0.4 is 5.73 Å². The summed E-state index contributed by atoms with van der Waals surface area (Å²) in [6.45, 7) is 0.795. The summed E-state index contributed by atoms with van der Waals surface area (Å²) < 4.78 is 26.9. The zero-order chi connectivity index (χ0) is 15.4. The Hall–Kier alpha value is -2.48. The van der Waals surface area contributed by atoms with Gasteiger partial charge in [-0.15, -0.1) is 11.3 Å². The molecular formula is C14H10F2N4OS. The Labute approximate surface area is 127 Å². The van der Waals surface area contributed by atoms with Crippen molar-refractivity contribution in [1.29, 1.82) is 0 Å². The Bertz CT molecular complexity index is 894. The van der Waals surface area contributed by atoms with Gasteiger partial charge >= 0.3 is 0 Å². The average Bonchev–Trinajstić information content (AvgIpc) is 3.09. The largest absolute Gasteiger partial charge is 0.375 e. The zero-order valence-corrected chi connectivity index (χ0v) is 12.0. The van der Waals surface area contributed by atoms with Crippen LogP contribution in [0.3, 0.4) is 0 Å². The van der Waals surface area contributed by atoms with Crippen LogP contribution in [0.25, 0.3) is 10.9 Å². The molecule has 1 aliphatic heterocycles. The fourth-order valence-electron chi connectivity index (χ4n) is 2.65. The lowest BCUT2D eigenvalue weighted by Gasteiger charge is -2.13. The van der Waals surface area contributed by atoms with Crippen molar-refractivity contribution >= 4 is 33.3 Å². The minimum Gasteiger partial charge on any atom is -0.375 e. The van der Waals surface area contributed by atoms with Crippen molar-refractivity contribution in [1.82, 2.24) is 14.9 Å². The van der Waals surface area contributed by atoms with E-state index in [1.54, 1.807) is 4.90 Å². The number of nitrogens with zero attached hydrogens (tertiary/aromatic N) is 2. The van der Waals surface area contributed by atoms with Gasteiger partial charge in [-0.3, -0.25) is 4.79 Å². The topological polar surface area (TPSA) is 75.0 Å². The van der Waals surface area contributed by atoms with Gasteiger partial charge in [0.25, 0.3) is 5.91 Å². The van der Waals surface area contributed by atoms with E-state index in [4.69, 9.17) is 5.73 Å². The second kappa shape index (κ2) is 4.51. The Kier molecular flexibility index (Phi) is 2.70. The number of fused-ring (bicyclic) bond motifs is 2. The van der Waals surface area contributed by atoms with Gasteiger partial charge in [-0.25, -0.2) is 13.8 Å². The van der Waals surface area contributed by atoms with E-state index in [0.29, 0.717) is 18.2 Å². The van der Waals surface area contributed by atoms with Gasteiger partial charge in [0.2, 0.25) is 0 Å². The highest BCUT2D eigenvalue weighted by atomic mass is 32.1. The summed E-state index contributed by atoms with van der Waals surface area (Å²) in [5, 5.41) is 0.682. The number of H-pyrrole nitrogens is 1. The SMILES string of the molecule is Nc1nc2c(s1)CN(C(=O)c1cc3c(F)cc(F)cc3[nH]1)C2. The quantitative estimate of drug-likeness (QED) is 0.724. The van der Waals surface area contributed by atoms with E-state index in [1.807, 2.05) is 0 Å². The average molecular weight is 320 g/mol. The van der Waals surface area contributed by atoms with Crippen molar-refractivity contribution < 1.29 is 13.6 Å². The van der Waals surface area contributed by atoms with Crippen molar-refractivity contribution in [2.75, 3.05) is 5.73 Å². The first-order valence-corrected chi connectivity index (χ1v) is 7.34. The lowest BCUT2D eigenvalue weighted by atomic mass is 10.2. The van der Waals surface area contributed by atoms with Crippen LogP contribution in [0, 0.1) is 11.6 Å². The molecule has 1 aromatic carbocycles. The molecule has 0 spiro atoms. The van der Waals surface area contributed by atoms with Gasteiger partial charge in [0.05, 0.1) is 29.2 Å². The number of aromatic amines is 1. The van der Waals surface area contributed by atoms with Crippen LogP contribution in [0.4, 0.5) is 13.9 Å². The molecule has 3 aromatic rings. The first kappa shape index (κ1) is 13.2. The third kappa shape index (κ3) is 1.95. The number of hydrogen-bond donors (Lipinski definition) is 2. The second-order valence-electron chi connectivity index (χ2n) is 5.12. The summed E-state index contributed by atoms with van der Waals surface area (Å²) in [5.41, 5.74) is 6.91. The van der Waals surface area contributed by atoms with E-state index < -0.39 is 11.6 Å². The predicted molar refractivity (Wildman–Crippen MR) is 78.3 cm³/mol. The molecule has 0 radical (unpaired) electrons. The maximum absolute atomic E-state index is 13.7. The number of amides is 1. The molecule has 1 aliphatic rings. The highest BCUT2D eigenvalue weighted by Crippen LogP contribution is 2.30. The predicted octanol–water partition coefficient (Wildman–Crippen LogP) is 2.64. The number of nitrogens with one attached hydrogen (secondary N) is 1. The lowest BCUT2D eigenvalue weighted by molar-refractivity contribution is 0.0746. The van der Waals surface area contributed by atoms with Gasteiger partial charge in [-0.2, -0.15) is 0 Å². The summed E-state index contributed by atoms with van der Waals surface area (Å²) >= 11 is 1.36. The number of halogens is 2. The number of hydrogen-bond acceptors (Lipinski definition) is 4. The monoisotopic (exact) mass is 320 g/mol. The fraction of sp³-hybridized carbons (Fsp3) is 0.143. The molecule has 0 fully saturated rings. The molecule has 22 heavy (non-hydrogen) atoms. The Morgan fingerprint density at radius 3 is 2.91 bits per heavy atom. The minimum absolute atomic E-state index is 0.195. The molecule has 0 bridgehead atoms. The number of carbonyl (C=O) groups excluding carboxylic acids is 1. The first-order valence-electron chi connectivity index (χ1n) is 6.52. The summed E-state index contributed by atoms with van der Waals surface area (Å²) in [5.74, 6) is -1.66. The number of nitrogens with two attached hydrogens (primary N) is 1. The minimum atomic E-state index is -0.694. The van der Waals surface area contributed by atoms with Crippen molar-refractivity contribution in [2.24, 2.45) is 0 Å². The van der Waals surface area contributed by atoms with Crippen LogP contribution in [0.15, 0.2) is 18.2 Å². The van der Waals surface area contributed by atoms with E-state index >= 15 is 0 Å². The van der Waals surface area contributed by atoms with E-state index in [1.165, 1.54) is 17.4 Å². The molecule has 5 nitrogen and oxygen atoms in total. The van der Waals surface area contributed by atoms with Crippen LogP contribution in [0.1, 0.15) is 21.1 Å². The van der Waals surface area contributed by atoms with Crippen molar-refractivity contribution in [3.8, 4) is 0 Å². The molecule has 4 rings (SSSR count). The summed E-state index contributed by atoms with van der Waals surface area (Å²) in [7, 11) is 0. The first-order chi connectivity index (χ1) is 10.5. The summed E-state index contributed by atoms with van der Waals surface area (Å²) in [4.78, 5) is 22.0. The van der Waals surface area contributed by atoms with E-state index in [0.717, 1.165) is 22.7 Å². The third-order valence-corrected chi connectivity index (χ3v) is 4.55. The van der Waals surface area contributed by atoms with E-state index in [-0.39, 0.29) is 22.5 Å².